The van der Waals surface area contributed by atoms with Gasteiger partial charge in [-0.25, -0.2) is 4.79 Å². The molecule has 3 nitrogen and oxygen atoms in total. The Morgan fingerprint density at radius 3 is 2.44 bits per heavy atom. The molecule has 0 aliphatic heterocycles. The fourth-order valence-corrected chi connectivity index (χ4v) is 2.07. The molecule has 1 atom stereocenters. The number of benzene rings is 1. The van der Waals surface area contributed by atoms with E-state index in [0.717, 1.165) is 0 Å². The van der Waals surface area contributed by atoms with Gasteiger partial charge in [-0.15, -0.1) is 0 Å². The molecule has 1 aromatic rings. The zero-order valence-electron chi connectivity index (χ0n) is 10.1. The summed E-state index contributed by atoms with van der Waals surface area (Å²) < 4.78 is 24.7. The van der Waals surface area contributed by atoms with E-state index in [1.807, 2.05) is 0 Å². The van der Waals surface area contributed by atoms with Crippen LogP contribution in [0.4, 0.5) is 14.5 Å². The van der Waals surface area contributed by atoms with Gasteiger partial charge < -0.3 is 10.4 Å². The third kappa shape index (κ3) is 4.18. The zero-order valence-corrected chi connectivity index (χ0v) is 10.9. The number of rotatable bonds is 6. The number of carboxylic acids is 1. The van der Waals surface area contributed by atoms with Crippen LogP contribution in [-0.2, 0) is 4.79 Å². The second-order valence-electron chi connectivity index (χ2n) is 4.08. The van der Waals surface area contributed by atoms with Crippen LogP contribution < -0.4 is 5.32 Å². The van der Waals surface area contributed by atoms with E-state index in [-0.39, 0.29) is 5.92 Å². The highest BCUT2D eigenvalue weighted by molar-refractivity contribution is 7.99. The normalized spacial score (nSPS) is 12.8. The van der Waals surface area contributed by atoms with Crippen LogP contribution in [0.5, 0.6) is 0 Å². The predicted molar refractivity (Wildman–Crippen MR) is 68.2 cm³/mol. The number of aliphatic carboxylic acids is 1. The molecule has 0 saturated carbocycles. The Bertz CT molecular complexity index is 413. The van der Waals surface area contributed by atoms with Gasteiger partial charge in [0.25, 0.3) is 5.76 Å². The third-order valence-corrected chi connectivity index (χ3v) is 3.13. The molecule has 1 aromatic carbocycles. The zero-order chi connectivity index (χ0) is 13.7. The molecule has 0 fully saturated rings. The van der Waals surface area contributed by atoms with Crippen LogP contribution >= 0.6 is 11.8 Å². The second-order valence-corrected chi connectivity index (χ2v) is 5.11. The first kappa shape index (κ1) is 14.8. The maximum atomic E-state index is 12.4. The predicted octanol–water partition coefficient (Wildman–Crippen LogP) is 3.52. The number of hydrogen-bond donors (Lipinski definition) is 2. The first-order valence-electron chi connectivity index (χ1n) is 5.45. The fourth-order valence-electron chi connectivity index (χ4n) is 1.47. The molecular formula is C12H15F2NO2S. The van der Waals surface area contributed by atoms with Crippen molar-refractivity contribution >= 4 is 23.4 Å². The van der Waals surface area contributed by atoms with E-state index in [9.17, 15) is 13.6 Å². The maximum absolute atomic E-state index is 12.4. The van der Waals surface area contributed by atoms with Crippen LogP contribution in [0.1, 0.15) is 13.8 Å². The summed E-state index contributed by atoms with van der Waals surface area (Å²) in [5.41, 5.74) is 0.420. The average Bonchev–Trinajstić information content (AvgIpc) is 2.26. The van der Waals surface area contributed by atoms with E-state index >= 15 is 0 Å². The lowest BCUT2D eigenvalue weighted by Gasteiger charge is -2.20. The SMILES string of the molecule is CC(C)C(Nc1ccccc1SC(F)F)C(=O)O. The Labute approximate surface area is 109 Å². The summed E-state index contributed by atoms with van der Waals surface area (Å²) in [6.45, 7) is 3.52. The number of para-hydroxylation sites is 1. The Morgan fingerprint density at radius 2 is 1.94 bits per heavy atom. The van der Waals surface area contributed by atoms with Gasteiger partial charge in [0.05, 0.1) is 0 Å². The van der Waals surface area contributed by atoms with E-state index in [0.29, 0.717) is 22.3 Å². The monoisotopic (exact) mass is 275 g/mol. The smallest absolute Gasteiger partial charge is 0.326 e. The van der Waals surface area contributed by atoms with E-state index < -0.39 is 17.8 Å². The van der Waals surface area contributed by atoms with E-state index in [1.165, 1.54) is 0 Å². The fraction of sp³-hybridized carbons (Fsp3) is 0.417. The van der Waals surface area contributed by atoms with Gasteiger partial charge in [-0.3, -0.25) is 0 Å². The van der Waals surface area contributed by atoms with Gasteiger partial charge in [-0.1, -0.05) is 37.7 Å². The largest absolute Gasteiger partial charge is 0.480 e. The van der Waals surface area contributed by atoms with Gasteiger partial charge in [0.1, 0.15) is 6.04 Å². The molecule has 0 heterocycles. The van der Waals surface area contributed by atoms with Crippen molar-refractivity contribution in [2.24, 2.45) is 5.92 Å². The van der Waals surface area contributed by atoms with Crippen molar-refractivity contribution in [1.29, 1.82) is 0 Å². The van der Waals surface area contributed by atoms with Crippen molar-refractivity contribution in [3.05, 3.63) is 24.3 Å². The summed E-state index contributed by atoms with van der Waals surface area (Å²) in [4.78, 5) is 11.4. The summed E-state index contributed by atoms with van der Waals surface area (Å²) in [5.74, 6) is -3.68. The number of carbonyl (C=O) groups is 1. The van der Waals surface area contributed by atoms with Gasteiger partial charge in [-0.2, -0.15) is 8.78 Å². The number of carboxylic acid groups (broad SMARTS) is 1. The first-order chi connectivity index (χ1) is 8.41. The van der Waals surface area contributed by atoms with Crippen LogP contribution in [0.25, 0.3) is 0 Å². The quantitative estimate of drug-likeness (QED) is 0.780. The van der Waals surface area contributed by atoms with Crippen molar-refractivity contribution in [3.8, 4) is 0 Å². The molecule has 100 valence electrons. The Kier molecular flexibility index (Phi) is 5.40. The van der Waals surface area contributed by atoms with Gasteiger partial charge >= 0.3 is 5.97 Å². The van der Waals surface area contributed by atoms with Crippen molar-refractivity contribution in [1.82, 2.24) is 0 Å². The Hall–Kier alpha value is -1.30. The summed E-state index contributed by atoms with van der Waals surface area (Å²) in [6.07, 6.45) is 0. The van der Waals surface area contributed by atoms with Crippen LogP contribution in [0, 0.1) is 5.92 Å². The molecule has 0 aliphatic carbocycles. The van der Waals surface area contributed by atoms with Gasteiger partial charge in [0, 0.05) is 10.6 Å². The highest BCUT2D eigenvalue weighted by Gasteiger charge is 2.22. The molecule has 18 heavy (non-hydrogen) atoms. The van der Waals surface area contributed by atoms with Crippen LogP contribution in [0.15, 0.2) is 29.2 Å². The van der Waals surface area contributed by atoms with Crippen LogP contribution in [0.3, 0.4) is 0 Å². The Balaban J connectivity index is 2.91. The lowest BCUT2D eigenvalue weighted by atomic mass is 10.0. The first-order valence-corrected chi connectivity index (χ1v) is 6.33. The molecule has 0 aromatic heterocycles. The molecule has 2 N–H and O–H groups in total. The van der Waals surface area contributed by atoms with Gasteiger partial charge in [-0.05, 0) is 18.1 Å². The molecule has 0 amide bonds. The molecule has 6 heteroatoms. The minimum absolute atomic E-state index is 0.146. The summed E-state index contributed by atoms with van der Waals surface area (Å²) in [5, 5.41) is 11.9. The molecule has 0 aliphatic rings. The second kappa shape index (κ2) is 6.58. The molecule has 0 radical (unpaired) electrons. The minimum Gasteiger partial charge on any atom is -0.480 e. The van der Waals surface area contributed by atoms with Crippen molar-refractivity contribution in [3.63, 3.8) is 0 Å². The molecular weight excluding hydrogens is 260 g/mol. The highest BCUT2D eigenvalue weighted by atomic mass is 32.2. The van der Waals surface area contributed by atoms with Crippen LogP contribution in [-0.4, -0.2) is 22.9 Å². The van der Waals surface area contributed by atoms with Crippen molar-refractivity contribution in [2.45, 2.75) is 30.5 Å². The number of halogens is 2. The number of nitrogens with one attached hydrogen (secondary N) is 1. The van der Waals surface area contributed by atoms with E-state index in [1.54, 1.807) is 38.1 Å². The topological polar surface area (TPSA) is 49.3 Å². The lowest BCUT2D eigenvalue weighted by molar-refractivity contribution is -0.138. The minimum atomic E-state index is -2.53. The lowest BCUT2D eigenvalue weighted by Crippen LogP contribution is -2.34. The summed E-state index contributed by atoms with van der Waals surface area (Å²) >= 11 is 0.402. The van der Waals surface area contributed by atoms with Crippen molar-refractivity contribution in [2.75, 3.05) is 5.32 Å². The van der Waals surface area contributed by atoms with Crippen LogP contribution in [0.2, 0.25) is 0 Å². The number of alkyl halides is 2. The molecule has 0 bridgehead atoms. The number of anilines is 1. The molecule has 0 spiro atoms. The molecule has 0 saturated heterocycles. The van der Waals surface area contributed by atoms with E-state index in [2.05, 4.69) is 5.32 Å². The van der Waals surface area contributed by atoms with Crippen molar-refractivity contribution < 1.29 is 18.7 Å². The van der Waals surface area contributed by atoms with Gasteiger partial charge in [0.2, 0.25) is 0 Å². The standard InChI is InChI=1S/C12H15F2NO2S/c1-7(2)10(11(16)17)15-8-5-3-4-6-9(8)18-12(13)14/h3-7,10,12,15H,1-2H3,(H,16,17). The Morgan fingerprint density at radius 1 is 1.33 bits per heavy atom. The van der Waals surface area contributed by atoms with Gasteiger partial charge in [0.15, 0.2) is 0 Å². The number of hydrogen-bond acceptors (Lipinski definition) is 3. The summed E-state index contributed by atoms with van der Waals surface area (Å²) in [7, 11) is 0. The summed E-state index contributed by atoms with van der Waals surface area (Å²) in [6, 6.07) is 5.66. The average molecular weight is 275 g/mol. The van der Waals surface area contributed by atoms with E-state index in [4.69, 9.17) is 5.11 Å². The highest BCUT2D eigenvalue weighted by Crippen LogP contribution is 2.32. The maximum Gasteiger partial charge on any atom is 0.326 e. The third-order valence-electron chi connectivity index (χ3n) is 2.35. The number of thioether (sulfide) groups is 1. The molecule has 1 unspecified atom stereocenters. The molecule has 1 rings (SSSR count).